The minimum Gasteiger partial charge on any atom is -0.459 e. The third-order valence-electron chi connectivity index (χ3n) is 3.97. The summed E-state index contributed by atoms with van der Waals surface area (Å²) in [6.07, 6.45) is 0.525. The van der Waals surface area contributed by atoms with Crippen molar-refractivity contribution >= 4 is 17.1 Å². The van der Waals surface area contributed by atoms with E-state index in [9.17, 15) is 4.79 Å². The molecule has 0 saturated carbocycles. The molecule has 1 amide bonds. The maximum Gasteiger partial charge on any atom is 0.407 e. The van der Waals surface area contributed by atoms with E-state index in [0.717, 1.165) is 17.8 Å². The van der Waals surface area contributed by atoms with Gasteiger partial charge in [0.15, 0.2) is 0 Å². The normalized spacial score (nSPS) is 14.3. The molecule has 2 atom stereocenters. The molecular weight excluding hydrogens is 316 g/mol. The summed E-state index contributed by atoms with van der Waals surface area (Å²) in [6, 6.07) is 8.13. The number of fused-ring (bicyclic) bond motifs is 1. The van der Waals surface area contributed by atoms with E-state index in [-0.39, 0.29) is 12.1 Å². The van der Waals surface area contributed by atoms with Crippen LogP contribution in [-0.4, -0.2) is 24.3 Å². The second kappa shape index (κ2) is 7.91. The van der Waals surface area contributed by atoms with Crippen molar-refractivity contribution in [2.45, 2.75) is 65.6 Å². The number of ether oxygens (including phenoxy) is 1. The number of furan rings is 1. The average Bonchev–Trinajstić information content (AvgIpc) is 2.89. The summed E-state index contributed by atoms with van der Waals surface area (Å²) in [4.78, 5) is 11.8. The highest BCUT2D eigenvalue weighted by Gasteiger charge is 2.20. The molecule has 1 aromatic heterocycles. The number of amides is 1. The fraction of sp³-hybridized carbons (Fsp3) is 0.550. The minimum absolute atomic E-state index is 0.0493. The summed E-state index contributed by atoms with van der Waals surface area (Å²) >= 11 is 0. The second-order valence-electron chi connectivity index (χ2n) is 7.47. The van der Waals surface area contributed by atoms with Crippen molar-refractivity contribution in [3.05, 3.63) is 35.6 Å². The van der Waals surface area contributed by atoms with E-state index in [4.69, 9.17) is 9.15 Å². The predicted octanol–water partition coefficient (Wildman–Crippen LogP) is 4.56. The summed E-state index contributed by atoms with van der Waals surface area (Å²) < 4.78 is 11.3. The molecule has 5 heteroatoms. The van der Waals surface area contributed by atoms with Crippen LogP contribution in [0, 0.1) is 0 Å². The monoisotopic (exact) mass is 346 g/mol. The fourth-order valence-corrected chi connectivity index (χ4v) is 2.84. The number of nitrogens with one attached hydrogen (secondary N) is 2. The Morgan fingerprint density at radius 1 is 1.24 bits per heavy atom. The van der Waals surface area contributed by atoms with Gasteiger partial charge in [0.05, 0.1) is 6.04 Å². The zero-order valence-corrected chi connectivity index (χ0v) is 16.1. The number of hydrogen-bond acceptors (Lipinski definition) is 4. The molecule has 0 fully saturated rings. The average molecular weight is 346 g/mol. The van der Waals surface area contributed by atoms with Gasteiger partial charge in [-0.25, -0.2) is 4.79 Å². The minimum atomic E-state index is -0.491. The lowest BCUT2D eigenvalue weighted by Gasteiger charge is -2.23. The van der Waals surface area contributed by atoms with Gasteiger partial charge in [-0.1, -0.05) is 25.1 Å². The van der Waals surface area contributed by atoms with Crippen LogP contribution in [0.5, 0.6) is 0 Å². The van der Waals surface area contributed by atoms with Crippen molar-refractivity contribution in [1.29, 1.82) is 0 Å². The highest BCUT2D eigenvalue weighted by molar-refractivity contribution is 5.82. The van der Waals surface area contributed by atoms with Crippen LogP contribution in [-0.2, 0) is 11.2 Å². The molecule has 2 rings (SSSR count). The van der Waals surface area contributed by atoms with Crippen LogP contribution >= 0.6 is 0 Å². The zero-order valence-electron chi connectivity index (χ0n) is 16.1. The van der Waals surface area contributed by atoms with Gasteiger partial charge in [-0.15, -0.1) is 0 Å². The molecule has 5 nitrogen and oxygen atoms in total. The Balaban J connectivity index is 1.96. The summed E-state index contributed by atoms with van der Waals surface area (Å²) in [5, 5.41) is 7.46. The predicted molar refractivity (Wildman–Crippen MR) is 101 cm³/mol. The van der Waals surface area contributed by atoms with E-state index in [1.54, 1.807) is 0 Å². The van der Waals surface area contributed by atoms with Gasteiger partial charge in [-0.3, -0.25) is 0 Å². The molecule has 0 bridgehead atoms. The molecule has 0 saturated heterocycles. The van der Waals surface area contributed by atoms with Crippen LogP contribution in [0.15, 0.2) is 28.7 Å². The van der Waals surface area contributed by atoms with Crippen LogP contribution in [0.2, 0.25) is 0 Å². The number of alkyl carbamates (subject to hydrolysis) is 1. The first-order valence-electron chi connectivity index (χ1n) is 8.94. The Hall–Kier alpha value is -2.01. The van der Waals surface area contributed by atoms with Gasteiger partial charge in [-0.2, -0.15) is 0 Å². The first-order chi connectivity index (χ1) is 11.7. The SMILES string of the molecule is CCc1c(C(C)NCC(C)NC(=O)OC(C)(C)C)oc2ccccc12. The van der Waals surface area contributed by atoms with Crippen LogP contribution in [0.3, 0.4) is 0 Å². The van der Waals surface area contributed by atoms with E-state index < -0.39 is 11.7 Å². The molecule has 1 heterocycles. The Bertz CT molecular complexity index is 715. The van der Waals surface area contributed by atoms with Gasteiger partial charge in [0.25, 0.3) is 0 Å². The summed E-state index contributed by atoms with van der Waals surface area (Å²) in [7, 11) is 0. The third-order valence-corrected chi connectivity index (χ3v) is 3.97. The fourth-order valence-electron chi connectivity index (χ4n) is 2.84. The molecule has 138 valence electrons. The second-order valence-corrected chi connectivity index (χ2v) is 7.47. The smallest absolute Gasteiger partial charge is 0.407 e. The summed E-state index contributed by atoms with van der Waals surface area (Å²) in [5.74, 6) is 0.966. The van der Waals surface area contributed by atoms with Gasteiger partial charge >= 0.3 is 6.09 Å². The Morgan fingerprint density at radius 3 is 2.56 bits per heavy atom. The van der Waals surface area contributed by atoms with E-state index in [0.29, 0.717) is 6.54 Å². The Kier molecular flexibility index (Phi) is 6.11. The van der Waals surface area contributed by atoms with E-state index in [2.05, 4.69) is 30.5 Å². The van der Waals surface area contributed by atoms with Gasteiger partial charge in [0.1, 0.15) is 16.9 Å². The molecule has 2 aromatic rings. The lowest BCUT2D eigenvalue weighted by Crippen LogP contribution is -2.43. The molecule has 0 aliphatic rings. The van der Waals surface area contributed by atoms with E-state index >= 15 is 0 Å². The van der Waals surface area contributed by atoms with E-state index in [1.165, 1.54) is 10.9 Å². The molecular formula is C20H30N2O3. The van der Waals surface area contributed by atoms with E-state index in [1.807, 2.05) is 45.9 Å². The first kappa shape index (κ1) is 19.3. The molecule has 0 aliphatic carbocycles. The van der Waals surface area contributed by atoms with Crippen molar-refractivity contribution in [3.63, 3.8) is 0 Å². The van der Waals surface area contributed by atoms with Gasteiger partial charge < -0.3 is 19.8 Å². The lowest BCUT2D eigenvalue weighted by atomic mass is 10.0. The Morgan fingerprint density at radius 2 is 1.92 bits per heavy atom. The Labute approximate surface area is 150 Å². The number of carbonyl (C=O) groups excluding carboxylic acids is 1. The molecule has 25 heavy (non-hydrogen) atoms. The van der Waals surface area contributed by atoms with Crippen molar-refractivity contribution in [2.24, 2.45) is 0 Å². The van der Waals surface area contributed by atoms with Gasteiger partial charge in [0, 0.05) is 23.5 Å². The number of hydrogen-bond donors (Lipinski definition) is 2. The van der Waals surface area contributed by atoms with Crippen molar-refractivity contribution < 1.29 is 13.9 Å². The number of rotatable bonds is 6. The molecule has 2 N–H and O–H groups in total. The highest BCUT2D eigenvalue weighted by Crippen LogP contribution is 2.30. The summed E-state index contributed by atoms with van der Waals surface area (Å²) in [6.45, 7) is 12.4. The quantitative estimate of drug-likeness (QED) is 0.805. The van der Waals surface area contributed by atoms with Gasteiger partial charge in [-0.05, 0) is 47.1 Å². The summed E-state index contributed by atoms with van der Waals surface area (Å²) in [5.41, 5.74) is 1.67. The first-order valence-corrected chi connectivity index (χ1v) is 8.94. The molecule has 2 unspecified atom stereocenters. The van der Waals surface area contributed by atoms with Crippen LogP contribution in [0.1, 0.15) is 58.9 Å². The standard InChI is InChI=1S/C20H30N2O3/c1-7-15-16-10-8-9-11-17(16)24-18(15)14(3)21-12-13(2)22-19(23)25-20(4,5)6/h8-11,13-14,21H,7,12H2,1-6H3,(H,22,23). The van der Waals surface area contributed by atoms with Crippen LogP contribution in [0.4, 0.5) is 4.79 Å². The van der Waals surface area contributed by atoms with Crippen LogP contribution in [0.25, 0.3) is 11.0 Å². The molecule has 0 spiro atoms. The van der Waals surface area contributed by atoms with Crippen molar-refractivity contribution in [3.8, 4) is 0 Å². The third kappa shape index (κ3) is 5.23. The van der Waals surface area contributed by atoms with Crippen molar-refractivity contribution in [2.75, 3.05) is 6.54 Å². The maximum absolute atomic E-state index is 11.8. The zero-order chi connectivity index (χ0) is 18.6. The number of aryl methyl sites for hydroxylation is 1. The molecule has 1 aromatic carbocycles. The number of carbonyl (C=O) groups is 1. The largest absolute Gasteiger partial charge is 0.459 e. The lowest BCUT2D eigenvalue weighted by molar-refractivity contribution is 0.0507. The topological polar surface area (TPSA) is 63.5 Å². The van der Waals surface area contributed by atoms with Crippen molar-refractivity contribution in [1.82, 2.24) is 10.6 Å². The highest BCUT2D eigenvalue weighted by atomic mass is 16.6. The van der Waals surface area contributed by atoms with Crippen LogP contribution < -0.4 is 10.6 Å². The molecule has 0 aliphatic heterocycles. The number of benzene rings is 1. The number of para-hydroxylation sites is 1. The van der Waals surface area contributed by atoms with Gasteiger partial charge in [0.2, 0.25) is 0 Å². The molecule has 0 radical (unpaired) electrons. The maximum atomic E-state index is 11.8.